The van der Waals surface area contributed by atoms with Crippen LogP contribution in [0.2, 0.25) is 0 Å². The predicted molar refractivity (Wildman–Crippen MR) is 184 cm³/mol. The first kappa shape index (κ1) is 30.6. The molecule has 1 fully saturated rings. The van der Waals surface area contributed by atoms with E-state index in [-0.39, 0.29) is 23.9 Å². The number of amides is 4. The molecule has 6 rings (SSSR count). The molecule has 8 heteroatoms. The molecule has 1 unspecified atom stereocenters. The first-order chi connectivity index (χ1) is 22.3. The van der Waals surface area contributed by atoms with Crippen molar-refractivity contribution in [2.24, 2.45) is 0 Å². The molecule has 1 atom stereocenters. The maximum absolute atomic E-state index is 13.6. The fraction of sp³-hybridized carbons (Fsp3) is 0.105. The number of nitrogens with zero attached hydrogens (tertiary/aromatic N) is 1. The molecule has 1 aliphatic rings. The number of hydrogen-bond acceptors (Lipinski definition) is 5. The van der Waals surface area contributed by atoms with Crippen molar-refractivity contribution >= 4 is 63.6 Å². The normalized spacial score (nSPS) is 14.9. The molecule has 5 aromatic rings. The van der Waals surface area contributed by atoms with Gasteiger partial charge in [0.25, 0.3) is 11.8 Å². The maximum Gasteiger partial charge on any atom is 0.272 e. The van der Waals surface area contributed by atoms with Crippen molar-refractivity contribution in [2.45, 2.75) is 30.4 Å². The Balaban J connectivity index is 1.20. The summed E-state index contributed by atoms with van der Waals surface area (Å²) in [5.74, 6) is -1.34. The van der Waals surface area contributed by atoms with E-state index < -0.39 is 17.1 Å². The summed E-state index contributed by atoms with van der Waals surface area (Å²) in [6.07, 6.45) is 1.78. The molecule has 1 heterocycles. The zero-order chi connectivity index (χ0) is 32.2. The predicted octanol–water partition coefficient (Wildman–Crippen LogP) is 7.29. The van der Waals surface area contributed by atoms with Gasteiger partial charge in [0.2, 0.25) is 11.8 Å². The molecule has 0 radical (unpaired) electrons. The Kier molecular flexibility index (Phi) is 8.81. The van der Waals surface area contributed by atoms with Crippen LogP contribution in [0.25, 0.3) is 16.8 Å². The largest absolute Gasteiger partial charge is 0.321 e. The lowest BCUT2D eigenvalue weighted by Crippen LogP contribution is -2.32. The Morgan fingerprint density at radius 3 is 2.17 bits per heavy atom. The van der Waals surface area contributed by atoms with Crippen LogP contribution >= 0.6 is 11.8 Å². The Morgan fingerprint density at radius 1 is 0.783 bits per heavy atom. The van der Waals surface area contributed by atoms with E-state index in [0.717, 1.165) is 32.4 Å². The first-order valence-electron chi connectivity index (χ1n) is 14.9. The molecule has 0 saturated carbocycles. The molecule has 2 N–H and O–H groups in total. The number of thioether (sulfide) groups is 1. The summed E-state index contributed by atoms with van der Waals surface area (Å²) in [7, 11) is 0. The monoisotopic (exact) mass is 625 g/mol. The third kappa shape index (κ3) is 6.48. The van der Waals surface area contributed by atoms with Crippen LogP contribution in [0, 0.1) is 13.8 Å². The van der Waals surface area contributed by atoms with Crippen LogP contribution in [0.3, 0.4) is 0 Å². The number of aryl methyl sites for hydroxylation is 2. The molecule has 0 spiro atoms. The van der Waals surface area contributed by atoms with E-state index in [2.05, 4.69) is 10.6 Å². The van der Waals surface area contributed by atoms with Gasteiger partial charge in [-0.15, -0.1) is 11.8 Å². The second kappa shape index (κ2) is 13.3. The van der Waals surface area contributed by atoms with Crippen molar-refractivity contribution in [1.82, 2.24) is 5.32 Å². The van der Waals surface area contributed by atoms with E-state index >= 15 is 0 Å². The summed E-state index contributed by atoms with van der Waals surface area (Å²) in [5, 5.41) is 7.09. The maximum atomic E-state index is 13.6. The minimum absolute atomic E-state index is 0.0883. The third-order valence-electron chi connectivity index (χ3n) is 7.81. The van der Waals surface area contributed by atoms with E-state index in [0.29, 0.717) is 16.9 Å². The van der Waals surface area contributed by atoms with Crippen LogP contribution in [0.4, 0.5) is 11.4 Å². The Bertz CT molecular complexity index is 1980. The van der Waals surface area contributed by atoms with Gasteiger partial charge in [-0.3, -0.25) is 19.2 Å². The van der Waals surface area contributed by atoms with Crippen molar-refractivity contribution in [3.63, 3.8) is 0 Å². The summed E-state index contributed by atoms with van der Waals surface area (Å²) in [5.41, 5.74) is 4.22. The van der Waals surface area contributed by atoms with Crippen molar-refractivity contribution in [1.29, 1.82) is 0 Å². The van der Waals surface area contributed by atoms with Gasteiger partial charge in [-0.2, -0.15) is 0 Å². The molecule has 1 aliphatic heterocycles. The zero-order valence-corrected chi connectivity index (χ0v) is 26.1. The van der Waals surface area contributed by atoms with Gasteiger partial charge in [-0.05, 0) is 83.8 Å². The fourth-order valence-corrected chi connectivity index (χ4v) is 6.60. The van der Waals surface area contributed by atoms with Gasteiger partial charge in [0.15, 0.2) is 0 Å². The number of rotatable bonds is 8. The smallest absolute Gasteiger partial charge is 0.272 e. The van der Waals surface area contributed by atoms with Gasteiger partial charge in [0.05, 0.1) is 10.9 Å². The standard InChI is InChI=1S/C38H31N3O4S/c1-24-10-8-11-25(2)35(24)41-34(42)23-33(38(41)45)46-30-20-18-29(19-21-30)39-37(44)32(40-36(43)27-13-4-3-5-14-27)22-28-16-9-15-26-12-6-7-17-31(26)28/h3-22,33H,23H2,1-2H3,(H,39,44)(H,40,43)/b32-22-. The number of benzene rings is 5. The number of para-hydroxylation sites is 1. The molecule has 0 aromatic heterocycles. The van der Waals surface area contributed by atoms with Gasteiger partial charge in [-0.1, -0.05) is 78.9 Å². The number of anilines is 2. The van der Waals surface area contributed by atoms with Gasteiger partial charge in [-0.25, -0.2) is 4.90 Å². The van der Waals surface area contributed by atoms with Gasteiger partial charge < -0.3 is 10.6 Å². The van der Waals surface area contributed by atoms with Gasteiger partial charge in [0, 0.05) is 22.6 Å². The summed E-state index contributed by atoms with van der Waals surface area (Å²) in [6, 6.07) is 35.1. The number of imide groups is 1. The zero-order valence-electron chi connectivity index (χ0n) is 25.3. The highest BCUT2D eigenvalue weighted by Crippen LogP contribution is 2.36. The van der Waals surface area contributed by atoms with Crippen molar-refractivity contribution in [3.05, 3.63) is 143 Å². The van der Waals surface area contributed by atoms with E-state index in [1.807, 2.05) is 80.6 Å². The third-order valence-corrected chi connectivity index (χ3v) is 9.01. The highest BCUT2D eigenvalue weighted by atomic mass is 32.2. The highest BCUT2D eigenvalue weighted by molar-refractivity contribution is 8.00. The van der Waals surface area contributed by atoms with Crippen LogP contribution in [0.1, 0.15) is 33.5 Å². The second-order valence-corrected chi connectivity index (χ2v) is 12.3. The average molecular weight is 626 g/mol. The van der Waals surface area contributed by atoms with Gasteiger partial charge >= 0.3 is 0 Å². The summed E-state index contributed by atoms with van der Waals surface area (Å²) in [6.45, 7) is 3.79. The lowest BCUT2D eigenvalue weighted by atomic mass is 10.0. The Hall–Kier alpha value is -5.47. The lowest BCUT2D eigenvalue weighted by molar-refractivity contribution is -0.121. The van der Waals surface area contributed by atoms with Crippen LogP contribution in [0.5, 0.6) is 0 Å². The second-order valence-electron chi connectivity index (χ2n) is 11.0. The van der Waals surface area contributed by atoms with Crippen molar-refractivity contribution < 1.29 is 19.2 Å². The molecule has 4 amide bonds. The molecule has 1 saturated heterocycles. The van der Waals surface area contributed by atoms with Crippen LogP contribution in [0.15, 0.2) is 126 Å². The van der Waals surface area contributed by atoms with E-state index in [1.165, 1.54) is 16.7 Å². The van der Waals surface area contributed by atoms with Crippen LogP contribution in [-0.4, -0.2) is 28.9 Å². The fourth-order valence-electron chi connectivity index (χ4n) is 5.54. The topological polar surface area (TPSA) is 95.6 Å². The lowest BCUT2D eigenvalue weighted by Gasteiger charge is -2.19. The Labute approximate surface area is 271 Å². The van der Waals surface area contributed by atoms with Crippen molar-refractivity contribution in [3.8, 4) is 0 Å². The number of hydrogen-bond donors (Lipinski definition) is 2. The van der Waals surface area contributed by atoms with E-state index in [9.17, 15) is 19.2 Å². The summed E-state index contributed by atoms with van der Waals surface area (Å²) < 4.78 is 0. The minimum Gasteiger partial charge on any atom is -0.321 e. The number of nitrogens with one attached hydrogen (secondary N) is 2. The SMILES string of the molecule is Cc1cccc(C)c1N1C(=O)CC(Sc2ccc(NC(=O)/C(=C/c3cccc4ccccc34)NC(=O)c3ccccc3)cc2)C1=O. The Morgan fingerprint density at radius 2 is 1.43 bits per heavy atom. The van der Waals surface area contributed by atoms with E-state index in [1.54, 1.807) is 54.6 Å². The van der Waals surface area contributed by atoms with Gasteiger partial charge in [0.1, 0.15) is 5.70 Å². The van der Waals surface area contributed by atoms with E-state index in [4.69, 9.17) is 0 Å². The first-order valence-corrected chi connectivity index (χ1v) is 15.7. The van der Waals surface area contributed by atoms with Crippen molar-refractivity contribution in [2.75, 3.05) is 10.2 Å². The minimum atomic E-state index is -0.546. The summed E-state index contributed by atoms with van der Waals surface area (Å²) in [4.78, 5) is 55.0. The van der Waals surface area contributed by atoms with Crippen LogP contribution in [-0.2, 0) is 14.4 Å². The molecule has 0 bridgehead atoms. The van der Waals surface area contributed by atoms with Crippen LogP contribution < -0.4 is 15.5 Å². The molecular weight excluding hydrogens is 595 g/mol. The number of carbonyl (C=O) groups excluding carboxylic acids is 4. The summed E-state index contributed by atoms with van der Waals surface area (Å²) >= 11 is 1.32. The number of fused-ring (bicyclic) bond motifs is 1. The average Bonchev–Trinajstić information content (AvgIpc) is 3.33. The molecule has 228 valence electrons. The molecular formula is C38H31N3O4S. The highest BCUT2D eigenvalue weighted by Gasteiger charge is 2.41. The molecule has 5 aromatic carbocycles. The molecule has 7 nitrogen and oxygen atoms in total. The molecule has 0 aliphatic carbocycles. The molecule has 46 heavy (non-hydrogen) atoms. The number of carbonyl (C=O) groups is 4. The quantitative estimate of drug-likeness (QED) is 0.140.